The van der Waals surface area contributed by atoms with Crippen molar-refractivity contribution in [2.24, 2.45) is 5.92 Å². The fraction of sp³-hybridized carbons (Fsp3) is 0.571. The van der Waals surface area contributed by atoms with Crippen LogP contribution in [0.2, 0.25) is 0 Å². The minimum Gasteiger partial charge on any atom is -0.390 e. The Labute approximate surface area is 112 Å². The summed E-state index contributed by atoms with van der Waals surface area (Å²) in [6.07, 6.45) is -0.886. The molecule has 0 aromatic heterocycles. The summed E-state index contributed by atoms with van der Waals surface area (Å²) in [6.45, 7) is 0.974. The smallest absolute Gasteiger partial charge is 0.123 e. The fourth-order valence-electron chi connectivity index (χ4n) is 2.56. The van der Waals surface area contributed by atoms with Crippen LogP contribution < -0.4 is 5.32 Å². The molecule has 1 fully saturated rings. The number of nitrogens with one attached hydrogen (secondary N) is 1. The maximum absolute atomic E-state index is 12.8. The van der Waals surface area contributed by atoms with Crippen LogP contribution in [0.3, 0.4) is 0 Å². The van der Waals surface area contributed by atoms with Gasteiger partial charge in [-0.3, -0.25) is 0 Å². The van der Waals surface area contributed by atoms with Gasteiger partial charge in [-0.05, 0) is 24.1 Å². The van der Waals surface area contributed by atoms with Gasteiger partial charge in [0, 0.05) is 25.6 Å². The topological polar surface area (TPSA) is 61.7 Å². The van der Waals surface area contributed by atoms with Gasteiger partial charge in [0.25, 0.3) is 0 Å². The number of hydrogen-bond donors (Lipinski definition) is 3. The van der Waals surface area contributed by atoms with Crippen molar-refractivity contribution in [1.29, 1.82) is 0 Å². The average molecular weight is 269 g/mol. The Bertz CT molecular complexity index is 398. The van der Waals surface area contributed by atoms with Gasteiger partial charge in [0.15, 0.2) is 0 Å². The molecule has 1 aromatic rings. The SMILES string of the molecule is COC[C@H]1C[C@@H](NCc2ccc(F)cc2)[C@H](O)[C@@H]1O. The van der Waals surface area contributed by atoms with E-state index in [4.69, 9.17) is 4.74 Å². The predicted molar refractivity (Wildman–Crippen MR) is 69.0 cm³/mol. The zero-order chi connectivity index (χ0) is 13.8. The number of hydrogen-bond acceptors (Lipinski definition) is 4. The molecule has 2 rings (SSSR count). The van der Waals surface area contributed by atoms with Crippen molar-refractivity contribution >= 4 is 0 Å². The summed E-state index contributed by atoms with van der Waals surface area (Å²) in [6, 6.07) is 6.05. The molecule has 0 spiro atoms. The van der Waals surface area contributed by atoms with Crippen LogP contribution in [-0.2, 0) is 11.3 Å². The van der Waals surface area contributed by atoms with E-state index in [0.29, 0.717) is 19.6 Å². The maximum atomic E-state index is 12.8. The third-order valence-corrected chi connectivity index (χ3v) is 3.66. The molecule has 0 radical (unpaired) electrons. The van der Waals surface area contributed by atoms with E-state index < -0.39 is 12.2 Å². The van der Waals surface area contributed by atoms with Crippen LogP contribution in [-0.4, -0.2) is 42.2 Å². The lowest BCUT2D eigenvalue weighted by Gasteiger charge is -2.18. The van der Waals surface area contributed by atoms with Crippen LogP contribution in [0.15, 0.2) is 24.3 Å². The number of benzene rings is 1. The predicted octanol–water partition coefficient (Wildman–Crippen LogP) is 0.672. The molecule has 0 aliphatic heterocycles. The molecule has 0 unspecified atom stereocenters. The third-order valence-electron chi connectivity index (χ3n) is 3.66. The van der Waals surface area contributed by atoms with Crippen molar-refractivity contribution < 1.29 is 19.3 Å². The van der Waals surface area contributed by atoms with Gasteiger partial charge < -0.3 is 20.3 Å². The Morgan fingerprint density at radius 1 is 1.26 bits per heavy atom. The van der Waals surface area contributed by atoms with E-state index in [0.717, 1.165) is 5.56 Å². The number of ether oxygens (including phenoxy) is 1. The summed E-state index contributed by atoms with van der Waals surface area (Å²) in [5, 5.41) is 23.0. The molecule has 3 N–H and O–H groups in total. The molecule has 1 aliphatic carbocycles. The van der Waals surface area contributed by atoms with Gasteiger partial charge in [0.05, 0.1) is 18.8 Å². The zero-order valence-corrected chi connectivity index (χ0v) is 10.9. The highest BCUT2D eigenvalue weighted by Gasteiger charge is 2.40. The third kappa shape index (κ3) is 3.51. The largest absolute Gasteiger partial charge is 0.390 e. The first-order valence-corrected chi connectivity index (χ1v) is 6.44. The molecular formula is C14H20FNO3. The number of aliphatic hydroxyl groups excluding tert-OH is 2. The second kappa shape index (κ2) is 6.43. The monoisotopic (exact) mass is 269 g/mol. The summed E-state index contributed by atoms with van der Waals surface area (Å²) in [7, 11) is 1.58. The minimum atomic E-state index is -0.791. The van der Waals surface area contributed by atoms with Crippen LogP contribution in [0.1, 0.15) is 12.0 Å². The first kappa shape index (κ1) is 14.4. The van der Waals surface area contributed by atoms with E-state index in [2.05, 4.69) is 5.32 Å². The Morgan fingerprint density at radius 2 is 1.95 bits per heavy atom. The zero-order valence-electron chi connectivity index (χ0n) is 10.9. The summed E-state index contributed by atoms with van der Waals surface area (Å²) in [4.78, 5) is 0. The number of methoxy groups -OCH3 is 1. The van der Waals surface area contributed by atoms with E-state index in [1.54, 1.807) is 19.2 Å². The molecule has 0 heterocycles. The molecule has 4 atom stereocenters. The molecule has 19 heavy (non-hydrogen) atoms. The summed E-state index contributed by atoms with van der Waals surface area (Å²) in [5.41, 5.74) is 0.943. The number of halogens is 1. The van der Waals surface area contributed by atoms with E-state index in [1.807, 2.05) is 0 Å². The van der Waals surface area contributed by atoms with E-state index in [-0.39, 0.29) is 17.8 Å². The van der Waals surface area contributed by atoms with Crippen LogP contribution in [0.25, 0.3) is 0 Å². The Hall–Kier alpha value is -1.01. The lowest BCUT2D eigenvalue weighted by Crippen LogP contribution is -2.39. The van der Waals surface area contributed by atoms with E-state index in [1.165, 1.54) is 12.1 Å². The summed E-state index contributed by atoms with van der Waals surface area (Å²) in [5.74, 6) is -0.314. The maximum Gasteiger partial charge on any atom is 0.123 e. The summed E-state index contributed by atoms with van der Waals surface area (Å²) >= 11 is 0. The highest BCUT2D eigenvalue weighted by molar-refractivity contribution is 5.16. The van der Waals surface area contributed by atoms with E-state index >= 15 is 0 Å². The van der Waals surface area contributed by atoms with Crippen molar-refractivity contribution in [3.8, 4) is 0 Å². The molecule has 4 nitrogen and oxygen atoms in total. The van der Waals surface area contributed by atoms with Crippen molar-refractivity contribution in [3.63, 3.8) is 0 Å². The van der Waals surface area contributed by atoms with Crippen molar-refractivity contribution in [2.45, 2.75) is 31.2 Å². The second-order valence-electron chi connectivity index (χ2n) is 5.05. The highest BCUT2D eigenvalue weighted by atomic mass is 19.1. The van der Waals surface area contributed by atoms with Crippen LogP contribution in [0, 0.1) is 11.7 Å². The second-order valence-corrected chi connectivity index (χ2v) is 5.05. The first-order valence-electron chi connectivity index (χ1n) is 6.44. The van der Waals surface area contributed by atoms with Gasteiger partial charge in [-0.2, -0.15) is 0 Å². The van der Waals surface area contributed by atoms with Gasteiger partial charge in [-0.25, -0.2) is 4.39 Å². The van der Waals surface area contributed by atoms with Gasteiger partial charge in [-0.15, -0.1) is 0 Å². The summed E-state index contributed by atoms with van der Waals surface area (Å²) < 4.78 is 17.8. The highest BCUT2D eigenvalue weighted by Crippen LogP contribution is 2.27. The van der Waals surface area contributed by atoms with Gasteiger partial charge in [0.2, 0.25) is 0 Å². The van der Waals surface area contributed by atoms with Crippen LogP contribution in [0.4, 0.5) is 4.39 Å². The number of aliphatic hydroxyl groups is 2. The van der Waals surface area contributed by atoms with Crippen LogP contribution >= 0.6 is 0 Å². The molecule has 1 aliphatic rings. The molecule has 0 saturated heterocycles. The molecule has 0 bridgehead atoms. The molecular weight excluding hydrogens is 249 g/mol. The van der Waals surface area contributed by atoms with Gasteiger partial charge in [0.1, 0.15) is 5.82 Å². The minimum absolute atomic E-state index is 0.0503. The Balaban J connectivity index is 1.87. The lowest BCUT2D eigenvalue weighted by molar-refractivity contribution is -0.00597. The van der Waals surface area contributed by atoms with Crippen molar-refractivity contribution in [3.05, 3.63) is 35.6 Å². The molecule has 106 valence electrons. The standard InChI is InChI=1S/C14H20FNO3/c1-19-8-10-6-12(14(18)13(10)17)16-7-9-2-4-11(15)5-3-9/h2-5,10,12-14,16-18H,6-8H2,1H3/t10-,12-,13-,14+/m1/s1. The van der Waals surface area contributed by atoms with E-state index in [9.17, 15) is 14.6 Å². The Morgan fingerprint density at radius 3 is 2.58 bits per heavy atom. The number of rotatable bonds is 5. The normalized spacial score (nSPS) is 30.7. The molecule has 1 aromatic carbocycles. The van der Waals surface area contributed by atoms with Gasteiger partial charge >= 0.3 is 0 Å². The average Bonchev–Trinajstić information content (AvgIpc) is 2.67. The van der Waals surface area contributed by atoms with Crippen molar-refractivity contribution in [2.75, 3.05) is 13.7 Å². The molecule has 1 saturated carbocycles. The molecule has 5 heteroatoms. The van der Waals surface area contributed by atoms with Crippen molar-refractivity contribution in [1.82, 2.24) is 5.32 Å². The first-order chi connectivity index (χ1) is 9.11. The lowest BCUT2D eigenvalue weighted by atomic mass is 10.1. The molecule has 0 amide bonds. The quantitative estimate of drug-likeness (QED) is 0.735. The van der Waals surface area contributed by atoms with Crippen LogP contribution in [0.5, 0.6) is 0 Å². The fourth-order valence-corrected chi connectivity index (χ4v) is 2.56. The van der Waals surface area contributed by atoms with Gasteiger partial charge in [-0.1, -0.05) is 12.1 Å². The Kier molecular flexibility index (Phi) is 4.87.